The van der Waals surface area contributed by atoms with E-state index in [0.29, 0.717) is 16.7 Å². The SMILES string of the molecule is Cc1ccc(Cl)c(Oc2cc(C)nc(N)n2)c1. The van der Waals surface area contributed by atoms with Gasteiger partial charge in [0.25, 0.3) is 0 Å². The van der Waals surface area contributed by atoms with Crippen molar-refractivity contribution in [1.29, 1.82) is 0 Å². The van der Waals surface area contributed by atoms with Crippen LogP contribution in [0.5, 0.6) is 11.6 Å². The summed E-state index contributed by atoms with van der Waals surface area (Å²) in [4.78, 5) is 7.96. The Hall–Kier alpha value is -1.81. The van der Waals surface area contributed by atoms with E-state index in [1.165, 1.54) is 0 Å². The van der Waals surface area contributed by atoms with E-state index in [2.05, 4.69) is 9.97 Å². The number of anilines is 1. The molecule has 4 nitrogen and oxygen atoms in total. The molecule has 0 aliphatic carbocycles. The average molecular weight is 250 g/mol. The van der Waals surface area contributed by atoms with Crippen LogP contribution in [-0.4, -0.2) is 9.97 Å². The fourth-order valence-electron chi connectivity index (χ4n) is 1.42. The smallest absolute Gasteiger partial charge is 0.224 e. The van der Waals surface area contributed by atoms with Gasteiger partial charge in [-0.05, 0) is 31.5 Å². The van der Waals surface area contributed by atoms with Gasteiger partial charge in [0, 0.05) is 11.8 Å². The van der Waals surface area contributed by atoms with Crippen LogP contribution in [0.15, 0.2) is 24.3 Å². The molecule has 2 rings (SSSR count). The summed E-state index contributed by atoms with van der Waals surface area (Å²) in [5.74, 6) is 1.13. The van der Waals surface area contributed by atoms with Gasteiger partial charge in [-0.1, -0.05) is 17.7 Å². The summed E-state index contributed by atoms with van der Waals surface area (Å²) in [5, 5.41) is 0.533. The lowest BCUT2D eigenvalue weighted by Gasteiger charge is -2.08. The Morgan fingerprint density at radius 3 is 2.65 bits per heavy atom. The lowest BCUT2D eigenvalue weighted by molar-refractivity contribution is 0.462. The lowest BCUT2D eigenvalue weighted by Crippen LogP contribution is -1.99. The molecule has 1 heterocycles. The van der Waals surface area contributed by atoms with E-state index in [9.17, 15) is 0 Å². The van der Waals surface area contributed by atoms with Gasteiger partial charge >= 0.3 is 0 Å². The summed E-state index contributed by atoms with van der Waals surface area (Å²) in [6, 6.07) is 7.24. The molecule has 88 valence electrons. The summed E-state index contributed by atoms with van der Waals surface area (Å²) in [5.41, 5.74) is 7.35. The summed E-state index contributed by atoms with van der Waals surface area (Å²) >= 11 is 6.03. The van der Waals surface area contributed by atoms with E-state index < -0.39 is 0 Å². The number of benzene rings is 1. The highest BCUT2D eigenvalue weighted by Crippen LogP contribution is 2.29. The van der Waals surface area contributed by atoms with Crippen LogP contribution in [0.4, 0.5) is 5.95 Å². The first-order chi connectivity index (χ1) is 8.04. The molecule has 1 aromatic carbocycles. The van der Waals surface area contributed by atoms with Gasteiger partial charge in [-0.3, -0.25) is 0 Å². The van der Waals surface area contributed by atoms with Gasteiger partial charge in [0.1, 0.15) is 5.75 Å². The molecule has 0 aliphatic rings. The molecule has 0 bridgehead atoms. The molecule has 0 aliphatic heterocycles. The zero-order valence-corrected chi connectivity index (χ0v) is 10.3. The van der Waals surface area contributed by atoms with E-state index in [0.717, 1.165) is 11.3 Å². The van der Waals surface area contributed by atoms with Crippen LogP contribution >= 0.6 is 11.6 Å². The molecule has 0 amide bonds. The molecular weight excluding hydrogens is 238 g/mol. The highest BCUT2D eigenvalue weighted by atomic mass is 35.5. The number of rotatable bonds is 2. The summed E-state index contributed by atoms with van der Waals surface area (Å²) in [7, 11) is 0. The number of halogens is 1. The van der Waals surface area contributed by atoms with Crippen molar-refractivity contribution in [2.24, 2.45) is 0 Å². The summed E-state index contributed by atoms with van der Waals surface area (Å²) < 4.78 is 5.59. The number of hydrogen-bond acceptors (Lipinski definition) is 4. The zero-order chi connectivity index (χ0) is 12.4. The van der Waals surface area contributed by atoms with E-state index in [1.807, 2.05) is 26.0 Å². The minimum Gasteiger partial charge on any atom is -0.437 e. The predicted octanol–water partition coefficient (Wildman–Crippen LogP) is 3.12. The first-order valence-electron chi connectivity index (χ1n) is 5.10. The maximum absolute atomic E-state index is 6.03. The van der Waals surface area contributed by atoms with Crippen molar-refractivity contribution in [2.75, 3.05) is 5.73 Å². The third-order valence-corrected chi connectivity index (χ3v) is 2.46. The fraction of sp³-hybridized carbons (Fsp3) is 0.167. The molecule has 0 saturated heterocycles. The van der Waals surface area contributed by atoms with Crippen LogP contribution in [0.1, 0.15) is 11.3 Å². The fourth-order valence-corrected chi connectivity index (χ4v) is 1.57. The average Bonchev–Trinajstić information content (AvgIpc) is 2.22. The van der Waals surface area contributed by atoms with Crippen LogP contribution in [0.2, 0.25) is 5.02 Å². The molecule has 2 N–H and O–H groups in total. The zero-order valence-electron chi connectivity index (χ0n) is 9.57. The van der Waals surface area contributed by atoms with Gasteiger partial charge in [0.2, 0.25) is 11.8 Å². The van der Waals surface area contributed by atoms with E-state index in [-0.39, 0.29) is 5.95 Å². The second kappa shape index (κ2) is 4.59. The minimum atomic E-state index is 0.184. The minimum absolute atomic E-state index is 0.184. The Kier molecular flexibility index (Phi) is 3.15. The van der Waals surface area contributed by atoms with Gasteiger partial charge < -0.3 is 10.5 Å². The summed E-state index contributed by atoms with van der Waals surface area (Å²) in [6.07, 6.45) is 0. The quantitative estimate of drug-likeness (QED) is 0.888. The Morgan fingerprint density at radius 1 is 1.18 bits per heavy atom. The lowest BCUT2D eigenvalue weighted by atomic mass is 10.2. The second-order valence-electron chi connectivity index (χ2n) is 3.74. The molecule has 0 atom stereocenters. The van der Waals surface area contributed by atoms with Gasteiger partial charge in [0.05, 0.1) is 5.02 Å². The van der Waals surface area contributed by atoms with E-state index >= 15 is 0 Å². The molecule has 0 unspecified atom stereocenters. The van der Waals surface area contributed by atoms with Crippen LogP contribution in [0.25, 0.3) is 0 Å². The van der Waals surface area contributed by atoms with Crippen LogP contribution in [0.3, 0.4) is 0 Å². The number of aryl methyl sites for hydroxylation is 2. The molecule has 2 aromatic rings. The van der Waals surface area contributed by atoms with Crippen LogP contribution in [-0.2, 0) is 0 Å². The van der Waals surface area contributed by atoms with Gasteiger partial charge in [-0.2, -0.15) is 4.98 Å². The Labute approximate surface area is 104 Å². The third-order valence-electron chi connectivity index (χ3n) is 2.15. The number of nitrogens with two attached hydrogens (primary N) is 1. The normalized spacial score (nSPS) is 10.3. The van der Waals surface area contributed by atoms with E-state index in [1.54, 1.807) is 12.1 Å². The number of aromatic nitrogens is 2. The van der Waals surface area contributed by atoms with Crippen molar-refractivity contribution in [3.05, 3.63) is 40.5 Å². The molecular formula is C12H12ClN3O. The van der Waals surface area contributed by atoms with Crippen molar-refractivity contribution in [3.63, 3.8) is 0 Å². The predicted molar refractivity (Wildman–Crippen MR) is 67.4 cm³/mol. The standard InChI is InChI=1S/C12H12ClN3O/c1-7-3-4-9(13)10(5-7)17-11-6-8(2)15-12(14)16-11/h3-6H,1-2H3,(H2,14,15,16). The number of hydrogen-bond donors (Lipinski definition) is 1. The second-order valence-corrected chi connectivity index (χ2v) is 4.15. The van der Waals surface area contributed by atoms with Gasteiger partial charge in [0.15, 0.2) is 0 Å². The van der Waals surface area contributed by atoms with E-state index in [4.69, 9.17) is 22.1 Å². The Bertz CT molecular complexity index is 537. The molecule has 0 saturated carbocycles. The van der Waals surface area contributed by atoms with Crippen molar-refractivity contribution in [2.45, 2.75) is 13.8 Å². The van der Waals surface area contributed by atoms with Crippen molar-refractivity contribution < 1.29 is 4.74 Å². The molecule has 17 heavy (non-hydrogen) atoms. The Balaban J connectivity index is 2.34. The third kappa shape index (κ3) is 2.85. The maximum atomic E-state index is 6.03. The molecule has 5 heteroatoms. The first kappa shape index (κ1) is 11.7. The summed E-state index contributed by atoms with van der Waals surface area (Å²) in [6.45, 7) is 3.78. The van der Waals surface area contributed by atoms with Crippen LogP contribution < -0.4 is 10.5 Å². The van der Waals surface area contributed by atoms with Gasteiger partial charge in [-0.25, -0.2) is 4.98 Å². The van der Waals surface area contributed by atoms with Crippen molar-refractivity contribution in [1.82, 2.24) is 9.97 Å². The van der Waals surface area contributed by atoms with Crippen molar-refractivity contribution in [3.8, 4) is 11.6 Å². The Morgan fingerprint density at radius 2 is 1.94 bits per heavy atom. The number of nitrogens with zero attached hydrogens (tertiary/aromatic N) is 2. The molecule has 0 radical (unpaired) electrons. The maximum Gasteiger partial charge on any atom is 0.224 e. The topological polar surface area (TPSA) is 61.0 Å². The molecule has 1 aromatic heterocycles. The monoisotopic (exact) mass is 249 g/mol. The highest BCUT2D eigenvalue weighted by Gasteiger charge is 2.06. The first-order valence-corrected chi connectivity index (χ1v) is 5.47. The van der Waals surface area contributed by atoms with Crippen LogP contribution in [0, 0.1) is 13.8 Å². The van der Waals surface area contributed by atoms with Crippen molar-refractivity contribution >= 4 is 17.5 Å². The number of ether oxygens (including phenoxy) is 1. The van der Waals surface area contributed by atoms with Gasteiger partial charge in [-0.15, -0.1) is 0 Å². The molecule has 0 spiro atoms. The largest absolute Gasteiger partial charge is 0.437 e. The highest BCUT2D eigenvalue weighted by molar-refractivity contribution is 6.32. The molecule has 0 fully saturated rings. The number of nitrogen functional groups attached to an aromatic ring is 1.